The third-order valence-electron chi connectivity index (χ3n) is 3.67. The van der Waals surface area contributed by atoms with Gasteiger partial charge in [-0.15, -0.1) is 0 Å². The molecule has 1 aromatic rings. The molecule has 2 rings (SSSR count). The van der Waals surface area contributed by atoms with Crippen LogP contribution in [0.1, 0.15) is 38.6 Å². The summed E-state index contributed by atoms with van der Waals surface area (Å²) in [7, 11) is 1.96. The van der Waals surface area contributed by atoms with Crippen molar-refractivity contribution in [3.8, 4) is 0 Å². The molecule has 1 N–H and O–H groups in total. The molecule has 1 aromatic heterocycles. The molecule has 5 heteroatoms. The summed E-state index contributed by atoms with van der Waals surface area (Å²) < 4.78 is 2.98. The minimum atomic E-state index is -0.617. The van der Waals surface area contributed by atoms with Crippen LogP contribution in [0, 0.1) is 5.41 Å². The highest BCUT2D eigenvalue weighted by Crippen LogP contribution is 2.41. The second kappa shape index (κ2) is 5.41. The van der Waals surface area contributed by atoms with Crippen molar-refractivity contribution in [2.75, 3.05) is 11.5 Å². The minimum Gasteiger partial charge on any atom is -0.389 e. The van der Waals surface area contributed by atoms with Crippen LogP contribution in [0.2, 0.25) is 0 Å². The Labute approximate surface area is 128 Å². The summed E-state index contributed by atoms with van der Waals surface area (Å²) in [5.74, 6) is 1.94. The highest BCUT2D eigenvalue weighted by Gasteiger charge is 2.40. The van der Waals surface area contributed by atoms with Crippen LogP contribution in [0.3, 0.4) is 0 Å². The third-order valence-corrected chi connectivity index (χ3v) is 6.31. The van der Waals surface area contributed by atoms with Crippen LogP contribution in [0.15, 0.2) is 4.47 Å². The summed E-state index contributed by atoms with van der Waals surface area (Å²) in [6, 6.07) is 0. The first-order valence-corrected chi connectivity index (χ1v) is 8.71. The molecular formula is C14H23BrN2OS. The van der Waals surface area contributed by atoms with Crippen molar-refractivity contribution in [1.29, 1.82) is 0 Å². The zero-order valence-corrected chi connectivity index (χ0v) is 14.6. The Morgan fingerprint density at radius 2 is 2.11 bits per heavy atom. The fraction of sp³-hybridized carbons (Fsp3) is 0.786. The molecule has 3 nitrogen and oxygen atoms in total. The van der Waals surface area contributed by atoms with E-state index in [1.807, 2.05) is 23.5 Å². The Kier molecular flexibility index (Phi) is 4.38. The maximum absolute atomic E-state index is 10.9. The van der Waals surface area contributed by atoms with Crippen LogP contribution in [-0.2, 0) is 19.9 Å². The van der Waals surface area contributed by atoms with Gasteiger partial charge in [-0.1, -0.05) is 20.8 Å². The van der Waals surface area contributed by atoms with Gasteiger partial charge in [-0.25, -0.2) is 0 Å². The number of aliphatic hydroxyl groups is 1. The maximum Gasteiger partial charge on any atom is 0.0798 e. The summed E-state index contributed by atoms with van der Waals surface area (Å²) in [6.45, 7) is 6.57. The van der Waals surface area contributed by atoms with E-state index in [1.165, 1.54) is 0 Å². The first-order valence-electron chi connectivity index (χ1n) is 6.77. The average Bonchev–Trinajstić information content (AvgIpc) is 2.54. The van der Waals surface area contributed by atoms with Gasteiger partial charge < -0.3 is 5.11 Å². The Balaban J connectivity index is 2.23. The van der Waals surface area contributed by atoms with E-state index in [4.69, 9.17) is 0 Å². The van der Waals surface area contributed by atoms with Crippen LogP contribution in [0.25, 0.3) is 0 Å². The zero-order chi connectivity index (χ0) is 14.3. The number of aryl methyl sites for hydroxylation is 2. The number of aromatic nitrogens is 2. The zero-order valence-electron chi connectivity index (χ0n) is 12.2. The predicted octanol–water partition coefficient (Wildman–Crippen LogP) is 3.18. The maximum atomic E-state index is 10.9. The second-order valence-electron chi connectivity index (χ2n) is 6.42. The van der Waals surface area contributed by atoms with Crippen molar-refractivity contribution in [1.82, 2.24) is 9.78 Å². The molecule has 2 heterocycles. The Bertz CT molecular complexity index is 472. The van der Waals surface area contributed by atoms with Gasteiger partial charge in [-0.2, -0.15) is 16.9 Å². The smallest absolute Gasteiger partial charge is 0.0798 e. The molecule has 1 fully saturated rings. The minimum absolute atomic E-state index is 0.205. The summed E-state index contributed by atoms with van der Waals surface area (Å²) in [5.41, 5.74) is 1.77. The lowest BCUT2D eigenvalue weighted by Gasteiger charge is -2.41. The van der Waals surface area contributed by atoms with Crippen molar-refractivity contribution in [2.24, 2.45) is 12.5 Å². The Morgan fingerprint density at radius 1 is 1.42 bits per heavy atom. The largest absolute Gasteiger partial charge is 0.389 e. The summed E-state index contributed by atoms with van der Waals surface area (Å²) in [4.78, 5) is 0. The normalized spacial score (nSPS) is 26.6. The van der Waals surface area contributed by atoms with Crippen molar-refractivity contribution < 1.29 is 5.11 Å². The highest BCUT2D eigenvalue weighted by molar-refractivity contribution is 9.10. The number of nitrogens with zero attached hydrogens (tertiary/aromatic N) is 2. The topological polar surface area (TPSA) is 38.0 Å². The molecule has 0 spiro atoms. The lowest BCUT2D eigenvalue weighted by Crippen LogP contribution is -2.44. The quantitative estimate of drug-likeness (QED) is 0.913. The van der Waals surface area contributed by atoms with Gasteiger partial charge in [0.25, 0.3) is 0 Å². The van der Waals surface area contributed by atoms with E-state index in [0.717, 1.165) is 40.2 Å². The fourth-order valence-electron chi connectivity index (χ4n) is 2.95. The number of hydrogen-bond donors (Lipinski definition) is 1. The number of hydrogen-bond acceptors (Lipinski definition) is 3. The Morgan fingerprint density at radius 3 is 2.63 bits per heavy atom. The van der Waals surface area contributed by atoms with E-state index in [-0.39, 0.29) is 5.41 Å². The van der Waals surface area contributed by atoms with E-state index in [2.05, 4.69) is 41.8 Å². The molecule has 0 aromatic carbocycles. The van der Waals surface area contributed by atoms with Crippen molar-refractivity contribution in [3.63, 3.8) is 0 Å². The lowest BCUT2D eigenvalue weighted by atomic mass is 9.80. The molecule has 0 saturated carbocycles. The molecule has 19 heavy (non-hydrogen) atoms. The first-order chi connectivity index (χ1) is 8.76. The summed E-state index contributed by atoms with van der Waals surface area (Å²) >= 11 is 5.50. The molecule has 108 valence electrons. The molecule has 0 aliphatic carbocycles. The monoisotopic (exact) mass is 346 g/mol. The molecule has 0 amide bonds. The van der Waals surface area contributed by atoms with Crippen LogP contribution in [0.5, 0.6) is 0 Å². The number of halogens is 1. The summed E-state index contributed by atoms with van der Waals surface area (Å²) in [6.07, 6.45) is 2.44. The van der Waals surface area contributed by atoms with Crippen LogP contribution in [0.4, 0.5) is 0 Å². The van der Waals surface area contributed by atoms with Gasteiger partial charge in [0.1, 0.15) is 0 Å². The average molecular weight is 347 g/mol. The van der Waals surface area contributed by atoms with Gasteiger partial charge >= 0.3 is 0 Å². The third kappa shape index (κ3) is 3.37. The molecule has 1 atom stereocenters. The number of rotatable bonds is 3. The molecular weight excluding hydrogens is 324 g/mol. The van der Waals surface area contributed by atoms with Crippen molar-refractivity contribution in [3.05, 3.63) is 15.9 Å². The molecule has 0 radical (unpaired) electrons. The van der Waals surface area contributed by atoms with E-state index in [9.17, 15) is 5.11 Å². The van der Waals surface area contributed by atoms with Gasteiger partial charge in [0.2, 0.25) is 0 Å². The standard InChI is InChI=1S/C14H23BrN2OS/c1-5-10-12(15)11(17(4)16-10)6-14(18)7-13(2,3)8-19-9-14/h18H,5-9H2,1-4H3. The lowest BCUT2D eigenvalue weighted by molar-refractivity contribution is 0.0183. The van der Waals surface area contributed by atoms with Gasteiger partial charge in [0, 0.05) is 19.2 Å². The molecule has 1 saturated heterocycles. The van der Waals surface area contributed by atoms with Crippen LogP contribution < -0.4 is 0 Å². The van der Waals surface area contributed by atoms with E-state index < -0.39 is 5.60 Å². The Hall–Kier alpha value is -0.000000000000000111. The van der Waals surface area contributed by atoms with Crippen molar-refractivity contribution >= 4 is 27.7 Å². The van der Waals surface area contributed by atoms with Gasteiger partial charge in [0.15, 0.2) is 0 Å². The van der Waals surface area contributed by atoms with Crippen molar-refractivity contribution in [2.45, 2.75) is 45.6 Å². The van der Waals surface area contributed by atoms with E-state index in [0.29, 0.717) is 6.42 Å². The molecule has 0 bridgehead atoms. The molecule has 1 unspecified atom stereocenters. The van der Waals surface area contributed by atoms with E-state index in [1.54, 1.807) is 0 Å². The second-order valence-corrected chi connectivity index (χ2v) is 8.20. The number of thioether (sulfide) groups is 1. The van der Waals surface area contributed by atoms with Gasteiger partial charge in [0.05, 0.1) is 21.5 Å². The highest BCUT2D eigenvalue weighted by atomic mass is 79.9. The van der Waals surface area contributed by atoms with Gasteiger partial charge in [-0.3, -0.25) is 4.68 Å². The predicted molar refractivity (Wildman–Crippen MR) is 84.7 cm³/mol. The molecule has 1 aliphatic heterocycles. The SMILES string of the molecule is CCc1nn(C)c(CC2(O)CSCC(C)(C)C2)c1Br. The van der Waals surface area contributed by atoms with E-state index >= 15 is 0 Å². The van der Waals surface area contributed by atoms with Crippen LogP contribution in [-0.4, -0.2) is 32.0 Å². The molecule has 1 aliphatic rings. The fourth-order valence-corrected chi connectivity index (χ4v) is 5.04. The summed E-state index contributed by atoms with van der Waals surface area (Å²) in [5, 5.41) is 15.4. The van der Waals surface area contributed by atoms with Gasteiger partial charge in [-0.05, 0) is 39.9 Å². The van der Waals surface area contributed by atoms with Crippen LogP contribution >= 0.6 is 27.7 Å². The first kappa shape index (κ1) is 15.4.